The Morgan fingerprint density at radius 2 is 1.00 bits per heavy atom. The largest absolute Gasteiger partial charge is 2.00 e. The fourth-order valence-corrected chi connectivity index (χ4v) is 0. The molecule has 1 heteroatoms. The number of unbranched alkanes of at least 4 members (excludes halogenated alkanes) is 2. The van der Waals surface area contributed by atoms with Crippen molar-refractivity contribution in [3.05, 3.63) is 13.8 Å². The van der Waals surface area contributed by atoms with Crippen molar-refractivity contribution >= 4 is 0 Å². The van der Waals surface area contributed by atoms with Crippen molar-refractivity contribution in [3.63, 3.8) is 0 Å². The molecule has 1 radical (unpaired) electrons. The van der Waals surface area contributed by atoms with Gasteiger partial charge in [-0.15, -0.1) is 0 Å². The first-order valence-electron chi connectivity index (χ1n) is 3.41. The van der Waals surface area contributed by atoms with E-state index in [-0.39, 0.29) is 16.8 Å². The van der Waals surface area contributed by atoms with Crippen LogP contribution in [-0.2, 0) is 16.8 Å². The van der Waals surface area contributed by atoms with E-state index >= 15 is 0 Å². The first-order chi connectivity index (χ1) is 3.83. The minimum absolute atomic E-state index is 0. The number of hydrogen-bond acceptors (Lipinski definition) is 0. The third-order valence-corrected chi connectivity index (χ3v) is 0.707. The second-order valence-electron chi connectivity index (χ2n) is 1.71. The van der Waals surface area contributed by atoms with Gasteiger partial charge in [0.15, 0.2) is 0 Å². The molecule has 0 amide bonds. The van der Waals surface area contributed by atoms with Crippen LogP contribution >= 0.6 is 0 Å². The molecule has 0 aliphatic carbocycles. The van der Waals surface area contributed by atoms with Crippen LogP contribution in [0.4, 0.5) is 0 Å². The van der Waals surface area contributed by atoms with Gasteiger partial charge in [0.1, 0.15) is 0 Å². The third-order valence-electron chi connectivity index (χ3n) is 0.707. The SMILES string of the molecule is [CH2-]CCC.[CH2-]CCC.[Co+2]. The Labute approximate surface area is 70.6 Å². The zero-order valence-electron chi connectivity index (χ0n) is 6.58. The summed E-state index contributed by atoms with van der Waals surface area (Å²) >= 11 is 0. The molecule has 59 valence electrons. The molecule has 0 saturated heterocycles. The van der Waals surface area contributed by atoms with Crippen molar-refractivity contribution in [2.24, 2.45) is 0 Å². The van der Waals surface area contributed by atoms with Crippen molar-refractivity contribution in [3.8, 4) is 0 Å². The van der Waals surface area contributed by atoms with Crippen molar-refractivity contribution in [2.45, 2.75) is 39.5 Å². The van der Waals surface area contributed by atoms with Gasteiger partial charge >= 0.3 is 16.8 Å². The van der Waals surface area contributed by atoms with Crippen molar-refractivity contribution < 1.29 is 16.8 Å². The van der Waals surface area contributed by atoms with E-state index in [2.05, 4.69) is 27.7 Å². The van der Waals surface area contributed by atoms with Crippen molar-refractivity contribution in [1.82, 2.24) is 0 Å². The van der Waals surface area contributed by atoms with Crippen molar-refractivity contribution in [1.29, 1.82) is 0 Å². The summed E-state index contributed by atoms with van der Waals surface area (Å²) in [5.41, 5.74) is 0. The summed E-state index contributed by atoms with van der Waals surface area (Å²) in [5, 5.41) is 0. The van der Waals surface area contributed by atoms with Gasteiger partial charge in [0.05, 0.1) is 0 Å². The maximum atomic E-state index is 3.60. The Kier molecular flexibility index (Phi) is 42.6. The molecule has 0 aromatic heterocycles. The average molecular weight is 173 g/mol. The molecule has 0 saturated carbocycles. The Morgan fingerprint density at radius 1 is 0.889 bits per heavy atom. The topological polar surface area (TPSA) is 0 Å². The maximum Gasteiger partial charge on any atom is 2.00 e. The average Bonchev–Trinajstić information content (AvgIpc) is 1.88. The molecule has 0 atom stereocenters. The molecule has 0 nitrogen and oxygen atoms in total. The Bertz CT molecular complexity index is 12.5. The fourth-order valence-electron chi connectivity index (χ4n) is 0. The van der Waals surface area contributed by atoms with Crippen LogP contribution in [0.25, 0.3) is 0 Å². The Hall–Kier alpha value is 0.506. The van der Waals surface area contributed by atoms with Gasteiger partial charge in [-0.3, -0.25) is 0 Å². The fraction of sp³-hybridized carbons (Fsp3) is 0.750. The summed E-state index contributed by atoms with van der Waals surface area (Å²) in [6.07, 6.45) is 4.56. The minimum Gasteiger partial charge on any atom is -0.343 e. The normalized spacial score (nSPS) is 6.67. The van der Waals surface area contributed by atoms with Gasteiger partial charge in [-0.2, -0.15) is 12.8 Å². The molecule has 9 heavy (non-hydrogen) atoms. The smallest absolute Gasteiger partial charge is 0.343 e. The maximum absolute atomic E-state index is 3.60. The minimum atomic E-state index is 0. The summed E-state index contributed by atoms with van der Waals surface area (Å²) in [4.78, 5) is 0. The van der Waals surface area contributed by atoms with E-state index in [4.69, 9.17) is 0 Å². The summed E-state index contributed by atoms with van der Waals surface area (Å²) in [6, 6.07) is 0. The predicted molar refractivity (Wildman–Crippen MR) is 40.5 cm³/mol. The van der Waals surface area contributed by atoms with E-state index in [0.29, 0.717) is 0 Å². The Balaban J connectivity index is -0.0000000720. The summed E-state index contributed by atoms with van der Waals surface area (Å²) < 4.78 is 0. The molecule has 0 N–H and O–H groups in total. The van der Waals surface area contributed by atoms with Crippen LogP contribution in [0.2, 0.25) is 0 Å². The van der Waals surface area contributed by atoms with E-state index in [1.165, 1.54) is 12.8 Å². The number of hydrogen-bond donors (Lipinski definition) is 0. The molecular weight excluding hydrogens is 155 g/mol. The van der Waals surface area contributed by atoms with Crippen LogP contribution in [0.1, 0.15) is 39.5 Å². The molecule has 0 aromatic rings. The molecule has 0 rings (SSSR count). The molecule has 0 fully saturated rings. The van der Waals surface area contributed by atoms with Crippen LogP contribution in [0.3, 0.4) is 0 Å². The van der Waals surface area contributed by atoms with Gasteiger partial charge in [-0.1, -0.05) is 26.7 Å². The van der Waals surface area contributed by atoms with E-state index < -0.39 is 0 Å². The summed E-state index contributed by atoms with van der Waals surface area (Å²) in [7, 11) is 0. The Morgan fingerprint density at radius 3 is 1.00 bits per heavy atom. The van der Waals surface area contributed by atoms with Crippen LogP contribution in [0.5, 0.6) is 0 Å². The van der Waals surface area contributed by atoms with Gasteiger partial charge < -0.3 is 13.8 Å². The van der Waals surface area contributed by atoms with E-state index in [9.17, 15) is 0 Å². The standard InChI is InChI=1S/2C4H9.Co/c2*1-3-4-2;/h2*1,3-4H2,2H3;/q2*-1;+2. The van der Waals surface area contributed by atoms with E-state index in [0.717, 1.165) is 12.8 Å². The zero-order chi connectivity index (χ0) is 6.83. The van der Waals surface area contributed by atoms with Crippen molar-refractivity contribution in [2.75, 3.05) is 0 Å². The third kappa shape index (κ3) is 57.3. The summed E-state index contributed by atoms with van der Waals surface area (Å²) in [5.74, 6) is 0. The zero-order valence-corrected chi connectivity index (χ0v) is 7.62. The van der Waals surface area contributed by atoms with Gasteiger partial charge in [0.2, 0.25) is 0 Å². The van der Waals surface area contributed by atoms with Crippen LogP contribution in [-0.4, -0.2) is 0 Å². The second-order valence-corrected chi connectivity index (χ2v) is 1.71. The first-order valence-corrected chi connectivity index (χ1v) is 3.41. The molecule has 0 aromatic carbocycles. The molecule has 0 aliphatic rings. The monoisotopic (exact) mass is 173 g/mol. The molecule has 0 spiro atoms. The van der Waals surface area contributed by atoms with Gasteiger partial charge in [0.25, 0.3) is 0 Å². The van der Waals surface area contributed by atoms with Gasteiger partial charge in [0, 0.05) is 0 Å². The van der Waals surface area contributed by atoms with Crippen LogP contribution in [0.15, 0.2) is 0 Å². The van der Waals surface area contributed by atoms with Crippen LogP contribution < -0.4 is 0 Å². The van der Waals surface area contributed by atoms with Gasteiger partial charge in [-0.25, -0.2) is 0 Å². The molecule has 0 unspecified atom stereocenters. The summed E-state index contributed by atoms with van der Waals surface area (Å²) in [6.45, 7) is 11.4. The first kappa shape index (κ1) is 16.2. The molecule has 0 bridgehead atoms. The molecule has 0 aliphatic heterocycles. The number of rotatable bonds is 2. The molecule has 0 heterocycles. The quantitative estimate of drug-likeness (QED) is 0.562. The van der Waals surface area contributed by atoms with Crippen LogP contribution in [0, 0.1) is 13.8 Å². The van der Waals surface area contributed by atoms with E-state index in [1.807, 2.05) is 0 Å². The van der Waals surface area contributed by atoms with E-state index in [1.54, 1.807) is 0 Å². The second kappa shape index (κ2) is 23.6. The van der Waals surface area contributed by atoms with Gasteiger partial charge in [-0.05, 0) is 0 Å². The molecular formula is C8H18Co. The predicted octanol–water partition coefficient (Wildman–Crippen LogP) is 3.24.